The second-order valence-electron chi connectivity index (χ2n) is 17.4. The van der Waals surface area contributed by atoms with Crippen molar-refractivity contribution in [2.24, 2.45) is 0 Å². The lowest BCUT2D eigenvalue weighted by atomic mass is 10.0. The zero-order valence-electron chi connectivity index (χ0n) is 33.9. The molecular formula is C45H74N6O4. The first-order chi connectivity index (χ1) is 26.9. The van der Waals surface area contributed by atoms with Gasteiger partial charge in [0.25, 0.3) is 0 Å². The van der Waals surface area contributed by atoms with Gasteiger partial charge in [-0.15, -0.1) is 0 Å². The van der Waals surface area contributed by atoms with Crippen LogP contribution in [0, 0.1) is 0 Å². The van der Waals surface area contributed by atoms with E-state index in [0.29, 0.717) is 52.4 Å². The summed E-state index contributed by atoms with van der Waals surface area (Å²) in [6.45, 7) is 13.2. The Morgan fingerprint density at radius 3 is 0.836 bits per heavy atom. The number of nitrogens with zero attached hydrogens (tertiary/aromatic N) is 6. The Morgan fingerprint density at radius 2 is 0.600 bits per heavy atom. The predicted octanol–water partition coefficient (Wildman–Crippen LogP) is 4.28. The minimum absolute atomic E-state index is 0.477. The van der Waals surface area contributed by atoms with E-state index in [0.717, 1.165) is 70.2 Å². The Labute approximate surface area is 332 Å². The molecule has 0 spiro atoms. The molecular weight excluding hydrogens is 689 g/mol. The highest BCUT2D eigenvalue weighted by Gasteiger charge is 2.24. The zero-order chi connectivity index (χ0) is 38.2. The first-order valence-corrected chi connectivity index (χ1v) is 22.2. The van der Waals surface area contributed by atoms with Crippen LogP contribution in [0.3, 0.4) is 0 Å². The molecule has 308 valence electrons. The van der Waals surface area contributed by atoms with Gasteiger partial charge in [-0.05, 0) is 146 Å². The van der Waals surface area contributed by atoms with Crippen LogP contribution in [0.2, 0.25) is 0 Å². The lowest BCUT2D eigenvalue weighted by molar-refractivity contribution is 0.0905. The molecule has 4 atom stereocenters. The molecule has 2 aromatic carbocycles. The number of β-amino-alcohol motifs (C(OH)–C–C–N with tert-alkyl or cyclic N) is 4. The Balaban J connectivity index is 1.08. The van der Waals surface area contributed by atoms with E-state index < -0.39 is 24.4 Å². The number of hydrogen-bond acceptors (Lipinski definition) is 10. The van der Waals surface area contributed by atoms with Crippen LogP contribution in [0.15, 0.2) is 48.5 Å². The molecule has 4 heterocycles. The average molecular weight is 763 g/mol. The lowest BCUT2D eigenvalue weighted by Gasteiger charge is -2.35. The van der Waals surface area contributed by atoms with Gasteiger partial charge in [0.2, 0.25) is 0 Å². The Kier molecular flexibility index (Phi) is 17.4. The van der Waals surface area contributed by atoms with Gasteiger partial charge in [0.1, 0.15) is 0 Å². The van der Waals surface area contributed by atoms with Gasteiger partial charge in [-0.1, -0.05) is 49.9 Å². The van der Waals surface area contributed by atoms with Crippen molar-refractivity contribution < 1.29 is 20.4 Å². The Bertz CT molecular complexity index is 1170. The van der Waals surface area contributed by atoms with E-state index in [9.17, 15) is 20.4 Å². The molecule has 0 bridgehead atoms. The van der Waals surface area contributed by atoms with E-state index >= 15 is 0 Å². The summed E-state index contributed by atoms with van der Waals surface area (Å²) in [4.78, 5) is 13.9. The average Bonchev–Trinajstić information content (AvgIpc) is 3.19. The summed E-state index contributed by atoms with van der Waals surface area (Å²) in [5.41, 5.74) is 4.50. The molecule has 4 N–H and O–H groups in total. The highest BCUT2D eigenvalue weighted by atomic mass is 16.3. The Morgan fingerprint density at radius 1 is 0.364 bits per heavy atom. The van der Waals surface area contributed by atoms with E-state index in [1.165, 1.54) is 88.2 Å². The number of rotatable bonds is 20. The van der Waals surface area contributed by atoms with Crippen molar-refractivity contribution in [3.8, 4) is 0 Å². The molecule has 4 fully saturated rings. The van der Waals surface area contributed by atoms with Gasteiger partial charge in [0.05, 0.1) is 24.4 Å². The van der Waals surface area contributed by atoms with Crippen LogP contribution in [0.4, 0.5) is 11.4 Å². The summed E-state index contributed by atoms with van der Waals surface area (Å²) < 4.78 is 0. The van der Waals surface area contributed by atoms with Crippen LogP contribution in [0.25, 0.3) is 0 Å². The minimum Gasteiger partial charge on any atom is -0.390 e. The summed E-state index contributed by atoms with van der Waals surface area (Å²) >= 11 is 0. The fourth-order valence-electron chi connectivity index (χ4n) is 9.46. The minimum atomic E-state index is -0.477. The van der Waals surface area contributed by atoms with E-state index in [4.69, 9.17) is 0 Å². The number of likely N-dealkylation sites (tertiary alicyclic amines) is 4. The van der Waals surface area contributed by atoms with Crippen LogP contribution in [0.5, 0.6) is 0 Å². The Hall–Kier alpha value is -2.28. The predicted molar refractivity (Wildman–Crippen MR) is 225 cm³/mol. The quantitative estimate of drug-likeness (QED) is 0.157. The molecule has 4 aliphatic rings. The molecule has 0 aliphatic carbocycles. The maximum absolute atomic E-state index is 11.2. The van der Waals surface area contributed by atoms with Crippen LogP contribution < -0.4 is 9.80 Å². The summed E-state index contributed by atoms with van der Waals surface area (Å²) in [5, 5.41) is 44.8. The molecule has 6 rings (SSSR count). The molecule has 10 heteroatoms. The molecule has 55 heavy (non-hydrogen) atoms. The third-order valence-electron chi connectivity index (χ3n) is 12.4. The number of benzene rings is 2. The number of anilines is 2. The van der Waals surface area contributed by atoms with Gasteiger partial charge in [-0.25, -0.2) is 0 Å². The maximum atomic E-state index is 11.2. The summed E-state index contributed by atoms with van der Waals surface area (Å²) in [6, 6.07) is 17.4. The summed E-state index contributed by atoms with van der Waals surface area (Å²) in [7, 11) is 0. The first kappa shape index (κ1) is 42.3. The van der Waals surface area contributed by atoms with Gasteiger partial charge in [-0.3, -0.25) is 0 Å². The van der Waals surface area contributed by atoms with Crippen LogP contribution in [0.1, 0.15) is 88.2 Å². The second kappa shape index (κ2) is 22.6. The molecule has 4 unspecified atom stereocenters. The zero-order valence-corrected chi connectivity index (χ0v) is 33.9. The van der Waals surface area contributed by atoms with Crippen molar-refractivity contribution in [1.29, 1.82) is 0 Å². The molecule has 10 nitrogen and oxygen atoms in total. The van der Waals surface area contributed by atoms with Crippen LogP contribution in [-0.2, 0) is 6.42 Å². The molecule has 0 saturated carbocycles. The van der Waals surface area contributed by atoms with Crippen molar-refractivity contribution in [2.75, 3.05) is 115 Å². The van der Waals surface area contributed by atoms with Gasteiger partial charge in [0, 0.05) is 63.7 Å². The fourth-order valence-corrected chi connectivity index (χ4v) is 9.46. The van der Waals surface area contributed by atoms with Gasteiger partial charge < -0.3 is 49.8 Å². The van der Waals surface area contributed by atoms with E-state index in [1.807, 2.05) is 0 Å². The van der Waals surface area contributed by atoms with Crippen molar-refractivity contribution in [3.05, 3.63) is 59.7 Å². The summed E-state index contributed by atoms with van der Waals surface area (Å²) in [6.07, 6.45) is 13.7. The van der Waals surface area contributed by atoms with Gasteiger partial charge in [0.15, 0.2) is 0 Å². The molecule has 2 aromatic rings. The van der Waals surface area contributed by atoms with Crippen molar-refractivity contribution in [2.45, 2.75) is 108 Å². The maximum Gasteiger partial charge on any atom is 0.0841 e. The molecule has 4 saturated heterocycles. The number of aliphatic hydroxyl groups is 4. The molecule has 0 amide bonds. The van der Waals surface area contributed by atoms with Crippen LogP contribution in [-0.4, -0.2) is 169 Å². The molecule has 0 radical (unpaired) electrons. The molecule has 0 aromatic heterocycles. The standard InChI is InChI=1S/C45H74N6O4/c52-42(30-46-21-5-1-6-22-46)34-50(35-43(53)31-47-23-7-2-8-24-47)40-17-13-38(14-18-40)29-39-15-19-41(20-16-39)51(36-44(54)32-48-25-9-3-10-26-48)37-45(55)33-49-27-11-4-12-28-49/h13-20,42-45,52-55H,1-12,21-37H2. The van der Waals surface area contributed by atoms with Crippen LogP contribution >= 0.6 is 0 Å². The van der Waals surface area contributed by atoms with Gasteiger partial charge >= 0.3 is 0 Å². The number of aliphatic hydroxyl groups excluding tert-OH is 4. The lowest BCUT2D eigenvalue weighted by Crippen LogP contribution is -2.46. The van der Waals surface area contributed by atoms with Gasteiger partial charge in [-0.2, -0.15) is 0 Å². The fraction of sp³-hybridized carbons (Fsp3) is 0.733. The van der Waals surface area contributed by atoms with Crippen molar-refractivity contribution >= 4 is 11.4 Å². The highest BCUT2D eigenvalue weighted by Crippen LogP contribution is 2.23. The largest absolute Gasteiger partial charge is 0.390 e. The first-order valence-electron chi connectivity index (χ1n) is 22.2. The smallest absolute Gasteiger partial charge is 0.0841 e. The third-order valence-corrected chi connectivity index (χ3v) is 12.4. The summed E-state index contributed by atoms with van der Waals surface area (Å²) in [5.74, 6) is 0. The van der Waals surface area contributed by atoms with Crippen molar-refractivity contribution in [3.63, 3.8) is 0 Å². The van der Waals surface area contributed by atoms with Crippen molar-refractivity contribution in [1.82, 2.24) is 19.6 Å². The highest BCUT2D eigenvalue weighted by molar-refractivity contribution is 5.51. The van der Waals surface area contributed by atoms with E-state index in [-0.39, 0.29) is 0 Å². The number of hydrogen-bond donors (Lipinski definition) is 4. The van der Waals surface area contributed by atoms with E-state index in [1.54, 1.807) is 0 Å². The second-order valence-corrected chi connectivity index (χ2v) is 17.4. The SMILES string of the molecule is OC(CN1CCCCC1)CN(CC(O)CN1CCCCC1)c1ccc(Cc2ccc(N(CC(O)CN3CCCCC3)CC(O)CN3CCCCC3)cc2)cc1. The number of piperidine rings is 4. The monoisotopic (exact) mass is 763 g/mol. The molecule has 4 aliphatic heterocycles. The normalized spacial score (nSPS) is 21.9. The van der Waals surface area contributed by atoms with E-state index in [2.05, 4.69) is 77.9 Å². The topological polar surface area (TPSA) is 100 Å². The third kappa shape index (κ3) is 14.6.